The molecule has 1 aliphatic rings. The smallest absolute Gasteiger partial charge is 0.328 e. The Morgan fingerprint density at radius 3 is 2.48 bits per heavy atom. The lowest BCUT2D eigenvalue weighted by Crippen LogP contribution is -3.28. The van der Waals surface area contributed by atoms with Gasteiger partial charge in [0.1, 0.15) is 38.8 Å². The van der Waals surface area contributed by atoms with Gasteiger partial charge in [-0.05, 0) is 18.1 Å². The Labute approximate surface area is 166 Å². The van der Waals surface area contributed by atoms with Gasteiger partial charge in [-0.25, -0.2) is 4.79 Å². The van der Waals surface area contributed by atoms with Crippen LogP contribution in [0.3, 0.4) is 0 Å². The van der Waals surface area contributed by atoms with Crippen LogP contribution in [-0.2, 0) is 20.9 Å². The van der Waals surface area contributed by atoms with Gasteiger partial charge in [-0.1, -0.05) is 44.0 Å². The molecule has 2 atom stereocenters. The van der Waals surface area contributed by atoms with Crippen LogP contribution in [0.2, 0.25) is 5.02 Å². The third kappa shape index (κ3) is 6.79. The highest BCUT2D eigenvalue weighted by molar-refractivity contribution is 6.30. The number of rotatable bonds is 8. The van der Waals surface area contributed by atoms with Gasteiger partial charge in [0, 0.05) is 10.6 Å². The Balaban J connectivity index is 1.78. The van der Waals surface area contributed by atoms with E-state index in [1.54, 1.807) is 0 Å². The van der Waals surface area contributed by atoms with Crippen LogP contribution in [-0.4, -0.2) is 57.8 Å². The molecule has 3 N–H and O–H groups in total. The third-order valence-electron chi connectivity index (χ3n) is 5.40. The van der Waals surface area contributed by atoms with Gasteiger partial charge in [-0.3, -0.25) is 4.79 Å². The lowest BCUT2D eigenvalue weighted by atomic mass is 9.99. The molecule has 7 heteroatoms. The van der Waals surface area contributed by atoms with E-state index in [9.17, 15) is 9.59 Å². The molecule has 6 nitrogen and oxygen atoms in total. The number of carbonyl (C=O) groups excluding carboxylic acids is 2. The lowest BCUT2D eigenvalue weighted by molar-refractivity contribution is -1.02. The second-order valence-electron chi connectivity index (χ2n) is 7.44. The molecule has 2 rings (SSSR count). The van der Waals surface area contributed by atoms with Crippen molar-refractivity contribution in [3.05, 3.63) is 34.9 Å². The second kappa shape index (κ2) is 10.6. The standard InChI is InChI=1S/C20H30ClN3O3/c1-4-15(2)19(20(26)27-3)22-18(25)14-24-10-8-23(9-11-24)13-16-6-5-7-17(21)12-16/h5-7,12,15,19H,4,8-11,13-14H2,1-3H3,(H,22,25)/p+2/t15-,19+/m0/s1. The second-order valence-corrected chi connectivity index (χ2v) is 7.87. The van der Waals surface area contributed by atoms with E-state index < -0.39 is 6.04 Å². The number of nitrogens with one attached hydrogen (secondary N) is 3. The minimum atomic E-state index is -0.568. The Kier molecular flexibility index (Phi) is 8.54. The highest BCUT2D eigenvalue weighted by atomic mass is 35.5. The number of amides is 1. The van der Waals surface area contributed by atoms with E-state index in [1.165, 1.54) is 22.5 Å². The molecule has 27 heavy (non-hydrogen) atoms. The summed E-state index contributed by atoms with van der Waals surface area (Å²) in [5.41, 5.74) is 1.24. The first-order valence-electron chi connectivity index (χ1n) is 9.71. The normalized spacial score (nSPS) is 21.9. The number of benzene rings is 1. The number of piperazine rings is 1. The number of esters is 1. The molecule has 1 aromatic rings. The van der Waals surface area contributed by atoms with Gasteiger partial charge in [0.2, 0.25) is 0 Å². The van der Waals surface area contributed by atoms with Crippen LogP contribution in [0, 0.1) is 5.92 Å². The Morgan fingerprint density at radius 2 is 1.89 bits per heavy atom. The van der Waals surface area contributed by atoms with Crippen LogP contribution >= 0.6 is 11.6 Å². The maximum Gasteiger partial charge on any atom is 0.328 e. The molecule has 0 saturated carbocycles. The molecule has 1 fully saturated rings. The third-order valence-corrected chi connectivity index (χ3v) is 5.64. The SMILES string of the molecule is CC[C@H](C)[C@@H](NC(=O)C[NH+]1CC[NH+](Cc2cccc(Cl)c2)CC1)C(=O)OC. The quantitative estimate of drug-likeness (QED) is 0.510. The summed E-state index contributed by atoms with van der Waals surface area (Å²) in [6, 6.07) is 7.43. The summed E-state index contributed by atoms with van der Waals surface area (Å²) in [5, 5.41) is 3.64. The molecule has 1 aliphatic heterocycles. The highest BCUT2D eigenvalue weighted by Gasteiger charge is 2.30. The molecule has 0 unspecified atom stereocenters. The summed E-state index contributed by atoms with van der Waals surface area (Å²) in [6.45, 7) is 9.21. The Hall–Kier alpha value is -1.63. The van der Waals surface area contributed by atoms with Crippen molar-refractivity contribution in [3.63, 3.8) is 0 Å². The average Bonchev–Trinajstić information content (AvgIpc) is 2.66. The van der Waals surface area contributed by atoms with E-state index >= 15 is 0 Å². The van der Waals surface area contributed by atoms with Crippen molar-refractivity contribution in [3.8, 4) is 0 Å². The first kappa shape index (κ1) is 21.7. The van der Waals surface area contributed by atoms with E-state index in [1.807, 2.05) is 32.0 Å². The van der Waals surface area contributed by atoms with Crippen molar-refractivity contribution >= 4 is 23.5 Å². The summed E-state index contributed by atoms with van der Waals surface area (Å²) in [6.07, 6.45) is 0.804. The van der Waals surface area contributed by atoms with Crippen molar-refractivity contribution < 1.29 is 24.1 Å². The fourth-order valence-corrected chi connectivity index (χ4v) is 3.71. The van der Waals surface area contributed by atoms with E-state index in [2.05, 4.69) is 11.4 Å². The van der Waals surface area contributed by atoms with E-state index in [0.29, 0.717) is 6.54 Å². The summed E-state index contributed by atoms with van der Waals surface area (Å²) in [4.78, 5) is 27.1. The molecule has 1 saturated heterocycles. The number of halogens is 1. The van der Waals surface area contributed by atoms with Crippen molar-refractivity contribution in [1.29, 1.82) is 0 Å². The van der Waals surface area contributed by atoms with Crippen LogP contribution in [0.4, 0.5) is 0 Å². The van der Waals surface area contributed by atoms with E-state index in [-0.39, 0.29) is 17.8 Å². The fourth-order valence-electron chi connectivity index (χ4n) is 3.49. The molecule has 1 amide bonds. The molecular weight excluding hydrogens is 366 g/mol. The average molecular weight is 398 g/mol. The number of carbonyl (C=O) groups is 2. The summed E-state index contributed by atoms with van der Waals surface area (Å²) < 4.78 is 4.83. The highest BCUT2D eigenvalue weighted by Crippen LogP contribution is 2.10. The molecule has 0 radical (unpaired) electrons. The number of hydrogen-bond donors (Lipinski definition) is 3. The Bertz CT molecular complexity index is 633. The predicted octanol–water partition coefficient (Wildman–Crippen LogP) is -0.673. The van der Waals surface area contributed by atoms with Crippen molar-refractivity contribution in [2.24, 2.45) is 5.92 Å². The van der Waals surface area contributed by atoms with Crippen molar-refractivity contribution in [2.45, 2.75) is 32.9 Å². The van der Waals surface area contributed by atoms with Gasteiger partial charge in [0.15, 0.2) is 6.54 Å². The maximum absolute atomic E-state index is 12.4. The molecule has 1 aromatic carbocycles. The van der Waals surface area contributed by atoms with Crippen LogP contribution in [0.5, 0.6) is 0 Å². The molecule has 0 aliphatic carbocycles. The zero-order valence-electron chi connectivity index (χ0n) is 16.5. The molecule has 0 spiro atoms. The van der Waals surface area contributed by atoms with Crippen LogP contribution in [0.1, 0.15) is 25.8 Å². The Morgan fingerprint density at radius 1 is 1.22 bits per heavy atom. The molecule has 1 heterocycles. The zero-order chi connectivity index (χ0) is 19.8. The van der Waals surface area contributed by atoms with Gasteiger partial charge in [-0.2, -0.15) is 0 Å². The first-order valence-corrected chi connectivity index (χ1v) is 10.1. The maximum atomic E-state index is 12.4. The number of methoxy groups -OCH3 is 1. The van der Waals surface area contributed by atoms with Gasteiger partial charge in [-0.15, -0.1) is 0 Å². The van der Waals surface area contributed by atoms with E-state index in [0.717, 1.165) is 44.2 Å². The minimum Gasteiger partial charge on any atom is -0.467 e. The predicted molar refractivity (Wildman–Crippen MR) is 105 cm³/mol. The van der Waals surface area contributed by atoms with Crippen LogP contribution in [0.15, 0.2) is 24.3 Å². The fraction of sp³-hybridized carbons (Fsp3) is 0.600. The molecule has 0 aromatic heterocycles. The van der Waals surface area contributed by atoms with Crippen molar-refractivity contribution in [1.82, 2.24) is 5.32 Å². The first-order chi connectivity index (χ1) is 12.9. The lowest BCUT2D eigenvalue weighted by Gasteiger charge is -2.30. The molecule has 0 bridgehead atoms. The topological polar surface area (TPSA) is 64.3 Å². The monoisotopic (exact) mass is 397 g/mol. The zero-order valence-corrected chi connectivity index (χ0v) is 17.3. The van der Waals surface area contributed by atoms with Gasteiger partial charge >= 0.3 is 5.97 Å². The number of ether oxygens (including phenoxy) is 1. The summed E-state index contributed by atoms with van der Waals surface area (Å²) in [7, 11) is 1.36. The number of hydrogen-bond acceptors (Lipinski definition) is 3. The minimum absolute atomic E-state index is 0.0513. The largest absolute Gasteiger partial charge is 0.467 e. The van der Waals surface area contributed by atoms with Gasteiger partial charge in [0.05, 0.1) is 7.11 Å². The van der Waals surface area contributed by atoms with Gasteiger partial charge in [0.25, 0.3) is 5.91 Å². The number of quaternary nitrogens is 2. The van der Waals surface area contributed by atoms with Crippen LogP contribution < -0.4 is 15.1 Å². The summed E-state index contributed by atoms with van der Waals surface area (Å²) >= 11 is 6.06. The van der Waals surface area contributed by atoms with Crippen LogP contribution in [0.25, 0.3) is 0 Å². The van der Waals surface area contributed by atoms with E-state index in [4.69, 9.17) is 16.3 Å². The molecule has 150 valence electrons. The van der Waals surface area contributed by atoms with Gasteiger partial charge < -0.3 is 19.9 Å². The summed E-state index contributed by atoms with van der Waals surface area (Å²) in [5.74, 6) is -0.405. The van der Waals surface area contributed by atoms with Crippen molar-refractivity contribution in [2.75, 3.05) is 39.8 Å². The molecular formula is C20H32ClN3O3+2.